The summed E-state index contributed by atoms with van der Waals surface area (Å²) in [6.45, 7) is 2.08. The fourth-order valence-electron chi connectivity index (χ4n) is 0.878. The zero-order valence-electron chi connectivity index (χ0n) is 6.04. The van der Waals surface area contributed by atoms with Gasteiger partial charge in [-0.05, 0) is 12.8 Å². The minimum atomic E-state index is -0.278. The molecular weight excluding hydrogens is 130 g/mol. The zero-order valence-corrected chi connectivity index (χ0v) is 6.04. The molecule has 1 aliphatic rings. The van der Waals surface area contributed by atoms with Gasteiger partial charge < -0.3 is 4.74 Å². The topological polar surface area (TPSA) is 38.7 Å². The SMILES string of the molecule is CCCCC1OC=NC1=O. The molecule has 1 heterocycles. The molecule has 0 spiro atoms. The van der Waals surface area contributed by atoms with Crippen molar-refractivity contribution < 1.29 is 9.53 Å². The summed E-state index contributed by atoms with van der Waals surface area (Å²) in [5, 5.41) is 0. The van der Waals surface area contributed by atoms with E-state index in [1.807, 2.05) is 0 Å². The minimum absolute atomic E-state index is 0.131. The average Bonchev–Trinajstić information content (AvgIpc) is 2.31. The van der Waals surface area contributed by atoms with E-state index in [9.17, 15) is 4.79 Å². The summed E-state index contributed by atoms with van der Waals surface area (Å²) >= 11 is 0. The number of nitrogens with zero attached hydrogens (tertiary/aromatic N) is 1. The number of hydrogen-bond acceptors (Lipinski definition) is 2. The molecule has 1 rings (SSSR count). The number of unbranched alkanes of at least 4 members (excludes halogenated alkanes) is 1. The van der Waals surface area contributed by atoms with Crippen molar-refractivity contribution in [3.8, 4) is 0 Å². The third-order valence-electron chi connectivity index (χ3n) is 1.50. The molecule has 0 aromatic rings. The lowest BCUT2D eigenvalue weighted by atomic mass is 10.1. The number of ether oxygens (including phenoxy) is 1. The molecule has 56 valence electrons. The van der Waals surface area contributed by atoms with Gasteiger partial charge in [0.25, 0.3) is 5.91 Å². The van der Waals surface area contributed by atoms with E-state index in [1.165, 1.54) is 6.40 Å². The Hall–Kier alpha value is -0.860. The van der Waals surface area contributed by atoms with E-state index in [4.69, 9.17) is 4.74 Å². The molecule has 0 N–H and O–H groups in total. The van der Waals surface area contributed by atoms with Crippen molar-refractivity contribution in [2.24, 2.45) is 4.99 Å². The summed E-state index contributed by atoms with van der Waals surface area (Å²) in [5.41, 5.74) is 0. The van der Waals surface area contributed by atoms with Crippen LogP contribution in [0.3, 0.4) is 0 Å². The predicted molar refractivity (Wildman–Crippen MR) is 37.9 cm³/mol. The number of amides is 1. The lowest BCUT2D eigenvalue weighted by Crippen LogP contribution is -2.15. The van der Waals surface area contributed by atoms with Gasteiger partial charge in [-0.2, -0.15) is 4.99 Å². The van der Waals surface area contributed by atoms with Gasteiger partial charge in [0.05, 0.1) is 0 Å². The number of hydrogen-bond donors (Lipinski definition) is 0. The Kier molecular flexibility index (Phi) is 2.42. The summed E-state index contributed by atoms with van der Waals surface area (Å²) < 4.78 is 4.93. The fourth-order valence-corrected chi connectivity index (χ4v) is 0.878. The Balaban J connectivity index is 2.24. The van der Waals surface area contributed by atoms with E-state index >= 15 is 0 Å². The quantitative estimate of drug-likeness (QED) is 0.591. The van der Waals surface area contributed by atoms with Crippen LogP contribution in [-0.4, -0.2) is 18.4 Å². The molecule has 0 saturated carbocycles. The smallest absolute Gasteiger partial charge is 0.289 e. The lowest BCUT2D eigenvalue weighted by molar-refractivity contribution is -0.122. The van der Waals surface area contributed by atoms with Crippen LogP contribution in [0.25, 0.3) is 0 Å². The Labute approximate surface area is 60.1 Å². The van der Waals surface area contributed by atoms with Gasteiger partial charge in [0.15, 0.2) is 12.5 Å². The van der Waals surface area contributed by atoms with Crippen LogP contribution in [0.15, 0.2) is 4.99 Å². The number of carbonyl (C=O) groups is 1. The molecule has 1 atom stereocenters. The van der Waals surface area contributed by atoms with Crippen molar-refractivity contribution in [1.82, 2.24) is 0 Å². The third kappa shape index (κ3) is 1.56. The first-order chi connectivity index (χ1) is 4.84. The number of rotatable bonds is 3. The molecule has 0 aromatic heterocycles. The zero-order chi connectivity index (χ0) is 7.40. The standard InChI is InChI=1S/C7H11NO2/c1-2-3-4-6-7(9)8-5-10-6/h5-6H,2-4H2,1H3. The van der Waals surface area contributed by atoms with Crippen molar-refractivity contribution >= 4 is 12.3 Å². The predicted octanol–water partition coefficient (Wildman–Crippen LogP) is 1.13. The monoisotopic (exact) mass is 141 g/mol. The highest BCUT2D eigenvalue weighted by atomic mass is 16.5. The van der Waals surface area contributed by atoms with E-state index in [-0.39, 0.29) is 12.0 Å². The van der Waals surface area contributed by atoms with Crippen molar-refractivity contribution in [3.63, 3.8) is 0 Å². The van der Waals surface area contributed by atoms with Crippen LogP contribution in [0.2, 0.25) is 0 Å². The molecule has 0 saturated heterocycles. The maximum Gasteiger partial charge on any atom is 0.289 e. The largest absolute Gasteiger partial charge is 0.470 e. The van der Waals surface area contributed by atoms with Crippen LogP contribution in [0, 0.1) is 0 Å². The van der Waals surface area contributed by atoms with Crippen molar-refractivity contribution in [3.05, 3.63) is 0 Å². The van der Waals surface area contributed by atoms with Crippen LogP contribution in [0.1, 0.15) is 26.2 Å². The van der Waals surface area contributed by atoms with Crippen molar-refractivity contribution in [2.75, 3.05) is 0 Å². The van der Waals surface area contributed by atoms with Gasteiger partial charge in [-0.3, -0.25) is 4.79 Å². The molecule has 1 amide bonds. The molecule has 0 bridgehead atoms. The molecule has 3 nitrogen and oxygen atoms in total. The van der Waals surface area contributed by atoms with Gasteiger partial charge in [-0.15, -0.1) is 0 Å². The summed E-state index contributed by atoms with van der Waals surface area (Å²) in [4.78, 5) is 14.2. The molecule has 1 unspecified atom stereocenters. The van der Waals surface area contributed by atoms with Crippen LogP contribution in [0.5, 0.6) is 0 Å². The molecule has 0 fully saturated rings. The Morgan fingerprint density at radius 2 is 2.60 bits per heavy atom. The van der Waals surface area contributed by atoms with Crippen LogP contribution < -0.4 is 0 Å². The van der Waals surface area contributed by atoms with E-state index < -0.39 is 0 Å². The van der Waals surface area contributed by atoms with E-state index in [1.54, 1.807) is 0 Å². The van der Waals surface area contributed by atoms with Gasteiger partial charge in [-0.25, -0.2) is 0 Å². The lowest BCUT2D eigenvalue weighted by Gasteiger charge is -2.04. The molecule has 0 radical (unpaired) electrons. The average molecular weight is 141 g/mol. The Morgan fingerprint density at radius 1 is 1.80 bits per heavy atom. The van der Waals surface area contributed by atoms with Crippen LogP contribution >= 0.6 is 0 Å². The van der Waals surface area contributed by atoms with Gasteiger partial charge in [-0.1, -0.05) is 13.3 Å². The third-order valence-corrected chi connectivity index (χ3v) is 1.50. The van der Waals surface area contributed by atoms with Gasteiger partial charge in [0.1, 0.15) is 0 Å². The molecule has 10 heavy (non-hydrogen) atoms. The second-order valence-corrected chi connectivity index (χ2v) is 2.34. The first kappa shape index (κ1) is 7.25. The van der Waals surface area contributed by atoms with Crippen LogP contribution in [-0.2, 0) is 9.53 Å². The summed E-state index contributed by atoms with van der Waals surface area (Å²) in [7, 11) is 0. The first-order valence-corrected chi connectivity index (χ1v) is 3.56. The summed E-state index contributed by atoms with van der Waals surface area (Å²) in [6.07, 6.45) is 3.88. The van der Waals surface area contributed by atoms with Crippen LogP contribution in [0.4, 0.5) is 0 Å². The maximum atomic E-state index is 10.8. The second-order valence-electron chi connectivity index (χ2n) is 2.34. The second kappa shape index (κ2) is 3.34. The molecular formula is C7H11NO2. The fraction of sp³-hybridized carbons (Fsp3) is 0.714. The normalized spacial score (nSPS) is 23.3. The highest BCUT2D eigenvalue weighted by Crippen LogP contribution is 2.09. The van der Waals surface area contributed by atoms with Gasteiger partial charge >= 0.3 is 0 Å². The van der Waals surface area contributed by atoms with Crippen molar-refractivity contribution in [2.45, 2.75) is 32.3 Å². The molecule has 3 heteroatoms. The first-order valence-electron chi connectivity index (χ1n) is 3.56. The summed E-state index contributed by atoms with van der Waals surface area (Å²) in [6, 6.07) is 0. The van der Waals surface area contributed by atoms with E-state index in [2.05, 4.69) is 11.9 Å². The minimum Gasteiger partial charge on any atom is -0.470 e. The van der Waals surface area contributed by atoms with Crippen molar-refractivity contribution in [1.29, 1.82) is 0 Å². The van der Waals surface area contributed by atoms with Gasteiger partial charge in [0, 0.05) is 0 Å². The highest BCUT2D eigenvalue weighted by Gasteiger charge is 2.21. The number of aliphatic imine (C=N–C) groups is 1. The number of carbonyl (C=O) groups excluding carboxylic acids is 1. The highest BCUT2D eigenvalue weighted by molar-refractivity contribution is 5.91. The van der Waals surface area contributed by atoms with Gasteiger partial charge in [0.2, 0.25) is 0 Å². The Morgan fingerprint density at radius 3 is 3.10 bits per heavy atom. The molecule has 1 aliphatic heterocycles. The van der Waals surface area contributed by atoms with E-state index in [0.29, 0.717) is 0 Å². The van der Waals surface area contributed by atoms with E-state index in [0.717, 1.165) is 19.3 Å². The summed E-state index contributed by atoms with van der Waals surface area (Å²) in [5.74, 6) is -0.131. The molecule has 0 aromatic carbocycles. The Bertz CT molecular complexity index is 154. The molecule has 0 aliphatic carbocycles. The maximum absolute atomic E-state index is 10.8.